The number of ether oxygens (including phenoxy) is 1. The van der Waals surface area contributed by atoms with E-state index in [-0.39, 0.29) is 47.9 Å². The van der Waals surface area contributed by atoms with E-state index >= 15 is 4.39 Å². The summed E-state index contributed by atoms with van der Waals surface area (Å²) in [6.07, 6.45) is 4.70. The van der Waals surface area contributed by atoms with Gasteiger partial charge in [0.15, 0.2) is 34.9 Å². The number of allylic oxidation sites excluding steroid dienone is 1. The van der Waals surface area contributed by atoms with Crippen LogP contribution in [0.25, 0.3) is 16.7 Å². The number of benzene rings is 3. The van der Waals surface area contributed by atoms with Crippen molar-refractivity contribution in [1.82, 2.24) is 0 Å². The van der Waals surface area contributed by atoms with Crippen LogP contribution in [0.2, 0.25) is 0 Å². The van der Waals surface area contributed by atoms with Gasteiger partial charge in [0.2, 0.25) is 0 Å². The van der Waals surface area contributed by atoms with Gasteiger partial charge in [-0.3, -0.25) is 0 Å². The number of aryl methyl sites for hydroxylation is 2. The number of hydrogen-bond donors (Lipinski definition) is 0. The van der Waals surface area contributed by atoms with Crippen LogP contribution in [-0.2, 0) is 17.6 Å². The molecule has 0 bridgehead atoms. The molecule has 0 aromatic heterocycles. The summed E-state index contributed by atoms with van der Waals surface area (Å²) in [7, 11) is 0. The standard InChI is InChI=1S/C32H30F6O2/c1-3-5-6-7-20-11-15-25(31(38)27(20)34)32(39)40-21-12-8-19(9-13-21)22-16-17-24(30(37)28(22)35)23-14-10-18(4-2)26(33)29(23)36/h8,10-11,14-17,21H,3-7,9,12-13H2,1-2H3. The van der Waals surface area contributed by atoms with Gasteiger partial charge < -0.3 is 4.74 Å². The lowest BCUT2D eigenvalue weighted by atomic mass is 9.90. The Kier molecular flexibility index (Phi) is 9.38. The number of carbonyl (C=O) groups is 1. The van der Waals surface area contributed by atoms with Crippen LogP contribution >= 0.6 is 0 Å². The van der Waals surface area contributed by atoms with Crippen molar-refractivity contribution in [3.63, 3.8) is 0 Å². The van der Waals surface area contributed by atoms with Crippen LogP contribution in [0, 0.1) is 34.9 Å². The summed E-state index contributed by atoms with van der Waals surface area (Å²) in [5.74, 6) is -8.13. The summed E-state index contributed by atoms with van der Waals surface area (Å²) < 4.78 is 93.2. The first-order valence-electron chi connectivity index (χ1n) is 13.5. The summed E-state index contributed by atoms with van der Waals surface area (Å²) >= 11 is 0. The number of carbonyl (C=O) groups excluding carboxylic acids is 1. The zero-order chi connectivity index (χ0) is 29.0. The van der Waals surface area contributed by atoms with Gasteiger partial charge in [0, 0.05) is 23.1 Å². The maximum absolute atomic E-state index is 15.1. The van der Waals surface area contributed by atoms with Crippen LogP contribution in [0.4, 0.5) is 26.3 Å². The minimum Gasteiger partial charge on any atom is -0.458 e. The first kappa shape index (κ1) is 29.4. The van der Waals surface area contributed by atoms with Crippen molar-refractivity contribution in [2.24, 2.45) is 0 Å². The zero-order valence-electron chi connectivity index (χ0n) is 22.4. The van der Waals surface area contributed by atoms with E-state index in [4.69, 9.17) is 4.74 Å². The quantitative estimate of drug-likeness (QED) is 0.148. The van der Waals surface area contributed by atoms with E-state index in [0.29, 0.717) is 18.4 Å². The Morgan fingerprint density at radius 1 is 0.750 bits per heavy atom. The molecule has 1 aliphatic carbocycles. The van der Waals surface area contributed by atoms with Gasteiger partial charge in [0.1, 0.15) is 6.10 Å². The van der Waals surface area contributed by atoms with E-state index in [0.717, 1.165) is 12.8 Å². The molecule has 40 heavy (non-hydrogen) atoms. The Labute approximate surface area is 229 Å². The minimum atomic E-state index is -1.30. The maximum atomic E-state index is 15.1. The molecule has 0 spiro atoms. The van der Waals surface area contributed by atoms with E-state index < -0.39 is 58.1 Å². The molecule has 0 fully saturated rings. The lowest BCUT2D eigenvalue weighted by molar-refractivity contribution is 0.0278. The average Bonchev–Trinajstić information content (AvgIpc) is 2.95. The number of unbranched alkanes of at least 4 members (excludes halogenated alkanes) is 2. The molecule has 4 rings (SSSR count). The first-order chi connectivity index (χ1) is 19.2. The van der Waals surface area contributed by atoms with Crippen molar-refractivity contribution in [2.45, 2.75) is 71.3 Å². The second kappa shape index (κ2) is 12.7. The van der Waals surface area contributed by atoms with Crippen molar-refractivity contribution < 1.29 is 35.9 Å². The van der Waals surface area contributed by atoms with Crippen LogP contribution in [0.15, 0.2) is 42.5 Å². The van der Waals surface area contributed by atoms with Gasteiger partial charge in [-0.15, -0.1) is 0 Å². The third-order valence-corrected chi connectivity index (χ3v) is 7.33. The fourth-order valence-corrected chi connectivity index (χ4v) is 4.96. The van der Waals surface area contributed by atoms with Gasteiger partial charge in [-0.2, -0.15) is 0 Å². The Bertz CT molecular complexity index is 1450. The van der Waals surface area contributed by atoms with E-state index in [2.05, 4.69) is 0 Å². The predicted molar refractivity (Wildman–Crippen MR) is 142 cm³/mol. The first-order valence-corrected chi connectivity index (χ1v) is 13.5. The highest BCUT2D eigenvalue weighted by Crippen LogP contribution is 2.36. The fourth-order valence-electron chi connectivity index (χ4n) is 4.96. The smallest absolute Gasteiger partial charge is 0.341 e. The molecule has 212 valence electrons. The molecule has 3 aromatic rings. The average molecular weight is 561 g/mol. The molecule has 0 N–H and O–H groups in total. The fraction of sp³-hybridized carbons (Fsp3) is 0.344. The summed E-state index contributed by atoms with van der Waals surface area (Å²) in [4.78, 5) is 12.6. The third-order valence-electron chi connectivity index (χ3n) is 7.33. The summed E-state index contributed by atoms with van der Waals surface area (Å²) in [5, 5.41) is 0. The van der Waals surface area contributed by atoms with Crippen LogP contribution in [0.3, 0.4) is 0 Å². The zero-order valence-corrected chi connectivity index (χ0v) is 22.4. The second-order valence-electron chi connectivity index (χ2n) is 9.93. The number of rotatable bonds is 9. The largest absolute Gasteiger partial charge is 0.458 e. The van der Waals surface area contributed by atoms with Crippen molar-refractivity contribution in [3.8, 4) is 11.1 Å². The lowest BCUT2D eigenvalue weighted by Crippen LogP contribution is -2.21. The monoisotopic (exact) mass is 560 g/mol. The Balaban J connectivity index is 1.46. The van der Waals surface area contributed by atoms with E-state index in [9.17, 15) is 26.7 Å². The SMILES string of the molecule is CCCCCc1ccc(C(=O)OC2CC=C(c3ccc(-c4ccc(CC)c(F)c4F)c(F)c3F)CC2)c(F)c1F. The Morgan fingerprint density at radius 2 is 1.35 bits per heavy atom. The lowest BCUT2D eigenvalue weighted by Gasteiger charge is -2.23. The Hall–Kier alpha value is -3.55. The molecule has 1 aliphatic rings. The molecule has 0 saturated heterocycles. The molecule has 0 amide bonds. The van der Waals surface area contributed by atoms with E-state index in [1.807, 2.05) is 6.92 Å². The number of esters is 1. The topological polar surface area (TPSA) is 26.3 Å². The number of hydrogen-bond acceptors (Lipinski definition) is 2. The molecular formula is C32H30F6O2. The van der Waals surface area contributed by atoms with Gasteiger partial charge in [-0.25, -0.2) is 31.1 Å². The molecule has 0 heterocycles. The third kappa shape index (κ3) is 5.96. The van der Waals surface area contributed by atoms with E-state index in [1.165, 1.54) is 36.4 Å². The van der Waals surface area contributed by atoms with Crippen molar-refractivity contribution in [3.05, 3.63) is 99.6 Å². The summed E-state index contributed by atoms with van der Waals surface area (Å²) in [5.41, 5.74) is -0.506. The normalized spacial score (nSPS) is 15.2. The predicted octanol–water partition coefficient (Wildman–Crippen LogP) is 9.28. The maximum Gasteiger partial charge on any atom is 0.341 e. The Morgan fingerprint density at radius 3 is 2.00 bits per heavy atom. The molecule has 0 saturated carbocycles. The second-order valence-corrected chi connectivity index (χ2v) is 9.93. The van der Waals surface area contributed by atoms with Gasteiger partial charge in [-0.1, -0.05) is 63.1 Å². The molecule has 1 unspecified atom stereocenters. The molecule has 8 heteroatoms. The van der Waals surface area contributed by atoms with Crippen LogP contribution in [0.5, 0.6) is 0 Å². The highest BCUT2D eigenvalue weighted by Gasteiger charge is 2.26. The molecule has 2 nitrogen and oxygen atoms in total. The highest BCUT2D eigenvalue weighted by atomic mass is 19.2. The van der Waals surface area contributed by atoms with Gasteiger partial charge in [0.25, 0.3) is 0 Å². The molecule has 0 radical (unpaired) electrons. The van der Waals surface area contributed by atoms with E-state index in [1.54, 1.807) is 13.0 Å². The van der Waals surface area contributed by atoms with Crippen molar-refractivity contribution >= 4 is 11.5 Å². The summed E-state index contributed by atoms with van der Waals surface area (Å²) in [6, 6.07) is 7.68. The minimum absolute atomic E-state index is 0.0381. The van der Waals surface area contributed by atoms with Crippen molar-refractivity contribution in [2.75, 3.05) is 0 Å². The van der Waals surface area contributed by atoms with Crippen LogP contribution in [0.1, 0.15) is 79.4 Å². The summed E-state index contributed by atoms with van der Waals surface area (Å²) in [6.45, 7) is 3.66. The van der Waals surface area contributed by atoms with Crippen LogP contribution < -0.4 is 0 Å². The molecule has 3 aromatic carbocycles. The molecular weight excluding hydrogens is 530 g/mol. The van der Waals surface area contributed by atoms with Gasteiger partial charge >= 0.3 is 5.97 Å². The molecule has 0 aliphatic heterocycles. The molecule has 1 atom stereocenters. The van der Waals surface area contributed by atoms with Crippen LogP contribution in [-0.4, -0.2) is 12.1 Å². The van der Waals surface area contributed by atoms with Gasteiger partial charge in [0.05, 0.1) is 5.56 Å². The highest BCUT2D eigenvalue weighted by molar-refractivity contribution is 5.90. The van der Waals surface area contributed by atoms with Crippen molar-refractivity contribution in [1.29, 1.82) is 0 Å². The van der Waals surface area contributed by atoms with Gasteiger partial charge in [-0.05, 0) is 54.9 Å². The number of halogens is 6.